The molecular formula is C21H17BrN2O6S2. The molecule has 0 bridgehead atoms. The summed E-state index contributed by atoms with van der Waals surface area (Å²) in [7, 11) is 1.43. The van der Waals surface area contributed by atoms with Crippen molar-refractivity contribution in [1.82, 2.24) is 10.4 Å². The Kier molecular flexibility index (Phi) is 7.54. The highest BCUT2D eigenvalue weighted by Crippen LogP contribution is 2.34. The van der Waals surface area contributed by atoms with Gasteiger partial charge in [-0.05, 0) is 67.2 Å². The molecule has 3 rings (SSSR count). The number of nitrogens with zero attached hydrogens (tertiary/aromatic N) is 1. The van der Waals surface area contributed by atoms with Gasteiger partial charge in [0.05, 0.1) is 12.0 Å². The Balaban J connectivity index is 1.77. The van der Waals surface area contributed by atoms with E-state index in [2.05, 4.69) is 21.4 Å². The van der Waals surface area contributed by atoms with Gasteiger partial charge in [-0.1, -0.05) is 33.8 Å². The first-order chi connectivity index (χ1) is 15.2. The quantitative estimate of drug-likeness (QED) is 0.406. The Morgan fingerprint density at radius 3 is 2.53 bits per heavy atom. The molecule has 11 heteroatoms. The lowest BCUT2D eigenvalue weighted by Crippen LogP contribution is -2.44. The Morgan fingerprint density at radius 2 is 1.91 bits per heavy atom. The van der Waals surface area contributed by atoms with Crippen LogP contribution in [-0.2, 0) is 9.59 Å². The van der Waals surface area contributed by atoms with Crippen LogP contribution in [0, 0.1) is 0 Å². The third-order valence-corrected chi connectivity index (χ3v) is 6.08. The molecule has 1 aliphatic rings. The van der Waals surface area contributed by atoms with Gasteiger partial charge in [0.2, 0.25) is 0 Å². The molecule has 1 aliphatic heterocycles. The summed E-state index contributed by atoms with van der Waals surface area (Å²) in [6.07, 6.45) is 0.540. The normalized spacial score (nSPS) is 15.6. The molecule has 0 radical (unpaired) electrons. The second-order valence-corrected chi connectivity index (χ2v) is 9.06. The summed E-state index contributed by atoms with van der Waals surface area (Å²) < 4.78 is 11.7. The molecule has 1 unspecified atom stereocenters. The highest BCUT2D eigenvalue weighted by Gasteiger charge is 2.33. The van der Waals surface area contributed by atoms with Crippen LogP contribution in [0.15, 0.2) is 51.8 Å². The van der Waals surface area contributed by atoms with E-state index in [-0.39, 0.29) is 10.1 Å². The fraction of sp³-hybridized carbons (Fsp3) is 0.143. The number of rotatable bonds is 7. The van der Waals surface area contributed by atoms with Crippen LogP contribution in [0.4, 0.5) is 0 Å². The van der Waals surface area contributed by atoms with E-state index in [0.717, 1.165) is 21.2 Å². The number of carboxylic acid groups (broad SMARTS) is 1. The molecule has 8 nitrogen and oxygen atoms in total. The number of nitrogens with one attached hydrogen (secondary N) is 1. The van der Waals surface area contributed by atoms with Gasteiger partial charge in [0.25, 0.3) is 11.8 Å². The zero-order valence-corrected chi connectivity index (χ0v) is 20.0. The first kappa shape index (κ1) is 23.8. The lowest BCUT2D eigenvalue weighted by molar-refractivity contribution is -0.144. The largest absolute Gasteiger partial charge is 0.493 e. The van der Waals surface area contributed by atoms with Crippen molar-refractivity contribution in [2.45, 2.75) is 13.0 Å². The zero-order valence-electron chi connectivity index (χ0n) is 16.8. The van der Waals surface area contributed by atoms with Gasteiger partial charge >= 0.3 is 5.97 Å². The van der Waals surface area contributed by atoms with Crippen molar-refractivity contribution in [3.63, 3.8) is 0 Å². The van der Waals surface area contributed by atoms with E-state index in [9.17, 15) is 14.4 Å². The van der Waals surface area contributed by atoms with E-state index < -0.39 is 23.9 Å². The zero-order chi connectivity index (χ0) is 23.4. The molecule has 2 aromatic carbocycles. The van der Waals surface area contributed by atoms with Crippen molar-refractivity contribution < 1.29 is 29.0 Å². The van der Waals surface area contributed by atoms with E-state index in [1.807, 2.05) is 0 Å². The average Bonchev–Trinajstić information content (AvgIpc) is 3.02. The number of halogens is 1. The number of methoxy groups -OCH3 is 1. The minimum Gasteiger partial charge on any atom is -0.493 e. The van der Waals surface area contributed by atoms with E-state index in [1.165, 1.54) is 14.0 Å². The van der Waals surface area contributed by atoms with E-state index in [4.69, 9.17) is 26.8 Å². The van der Waals surface area contributed by atoms with Crippen LogP contribution in [0.5, 0.6) is 11.5 Å². The van der Waals surface area contributed by atoms with Crippen molar-refractivity contribution >= 4 is 68.1 Å². The van der Waals surface area contributed by atoms with E-state index in [0.29, 0.717) is 21.8 Å². The molecule has 0 spiro atoms. The summed E-state index contributed by atoms with van der Waals surface area (Å²) in [5.74, 6) is -1.47. The van der Waals surface area contributed by atoms with Gasteiger partial charge in [0.15, 0.2) is 21.9 Å². The number of ether oxygens (including phenoxy) is 2. The average molecular weight is 537 g/mol. The van der Waals surface area contributed by atoms with Crippen molar-refractivity contribution in [2.24, 2.45) is 0 Å². The molecule has 0 aromatic heterocycles. The molecule has 2 amide bonds. The molecular weight excluding hydrogens is 520 g/mol. The van der Waals surface area contributed by atoms with Gasteiger partial charge in [-0.2, -0.15) is 5.01 Å². The number of benzene rings is 2. The highest BCUT2D eigenvalue weighted by atomic mass is 79.9. The summed E-state index contributed by atoms with van der Waals surface area (Å²) in [6.45, 7) is 1.41. The van der Waals surface area contributed by atoms with Gasteiger partial charge in [-0.15, -0.1) is 0 Å². The molecule has 1 saturated heterocycles. The van der Waals surface area contributed by atoms with Crippen LogP contribution >= 0.6 is 39.9 Å². The topological polar surface area (TPSA) is 105 Å². The van der Waals surface area contributed by atoms with Gasteiger partial charge in [0, 0.05) is 10.0 Å². The third kappa shape index (κ3) is 5.47. The predicted molar refractivity (Wildman–Crippen MR) is 127 cm³/mol. The number of thiocarbonyl (C=S) groups is 1. The maximum Gasteiger partial charge on any atom is 0.344 e. The Bertz CT molecular complexity index is 1120. The van der Waals surface area contributed by atoms with Crippen molar-refractivity contribution in [2.75, 3.05) is 7.11 Å². The van der Waals surface area contributed by atoms with Crippen LogP contribution in [0.3, 0.4) is 0 Å². The van der Waals surface area contributed by atoms with Crippen LogP contribution in [0.2, 0.25) is 0 Å². The number of amides is 2. The summed E-state index contributed by atoms with van der Waals surface area (Å²) >= 11 is 9.59. The Labute approximate surface area is 201 Å². The van der Waals surface area contributed by atoms with Gasteiger partial charge < -0.3 is 14.6 Å². The van der Waals surface area contributed by atoms with Gasteiger partial charge in [-0.3, -0.25) is 15.0 Å². The molecule has 2 aromatic rings. The number of thioether (sulfide) groups is 1. The minimum absolute atomic E-state index is 0.189. The van der Waals surface area contributed by atoms with Crippen LogP contribution in [-0.4, -0.2) is 45.4 Å². The monoisotopic (exact) mass is 536 g/mol. The number of hydrazine groups is 1. The molecule has 1 heterocycles. The third-order valence-electron chi connectivity index (χ3n) is 4.25. The van der Waals surface area contributed by atoms with Gasteiger partial charge in [-0.25, -0.2) is 4.79 Å². The first-order valence-corrected chi connectivity index (χ1v) is 11.1. The SMILES string of the molecule is COc1cc(/C=C2/SC(=S)N(NC(=O)c3ccc(Br)cc3)C2=O)ccc1OC(C)C(=O)O. The fourth-order valence-electron chi connectivity index (χ4n) is 2.59. The van der Waals surface area contributed by atoms with Crippen molar-refractivity contribution in [3.8, 4) is 11.5 Å². The first-order valence-electron chi connectivity index (χ1n) is 9.11. The number of carbonyl (C=O) groups excluding carboxylic acids is 2. The molecule has 1 atom stereocenters. The van der Waals surface area contributed by atoms with Crippen LogP contribution in [0.1, 0.15) is 22.8 Å². The lowest BCUT2D eigenvalue weighted by atomic mass is 10.2. The van der Waals surface area contributed by atoms with Crippen molar-refractivity contribution in [3.05, 3.63) is 63.0 Å². The number of hydrogen-bond donors (Lipinski definition) is 2. The van der Waals surface area contributed by atoms with E-state index in [1.54, 1.807) is 48.5 Å². The number of carbonyl (C=O) groups is 3. The second kappa shape index (κ2) is 10.2. The number of carboxylic acids is 1. The van der Waals surface area contributed by atoms with Gasteiger partial charge in [0.1, 0.15) is 0 Å². The van der Waals surface area contributed by atoms with Crippen LogP contribution in [0.25, 0.3) is 6.08 Å². The fourth-order valence-corrected chi connectivity index (χ4v) is 4.04. The predicted octanol–water partition coefficient (Wildman–Crippen LogP) is 3.86. The smallest absolute Gasteiger partial charge is 0.344 e. The standard InChI is InChI=1S/C21H17BrN2O6S2/c1-11(20(27)28)30-15-8-3-12(9-16(15)29-2)10-17-19(26)24(21(31)32-17)23-18(25)13-4-6-14(22)7-5-13/h3-11H,1-2H3,(H,23,25)(H,27,28)/b17-10+. The maximum atomic E-state index is 12.8. The Morgan fingerprint density at radius 1 is 1.22 bits per heavy atom. The summed E-state index contributed by atoms with van der Waals surface area (Å²) in [5.41, 5.74) is 3.51. The summed E-state index contributed by atoms with van der Waals surface area (Å²) in [4.78, 5) is 36.6. The van der Waals surface area contributed by atoms with Crippen molar-refractivity contribution in [1.29, 1.82) is 0 Å². The molecule has 2 N–H and O–H groups in total. The molecule has 166 valence electrons. The summed E-state index contributed by atoms with van der Waals surface area (Å²) in [6, 6.07) is 11.5. The van der Waals surface area contributed by atoms with Crippen LogP contribution < -0.4 is 14.9 Å². The van der Waals surface area contributed by atoms with E-state index >= 15 is 0 Å². The Hall–Kier alpha value is -2.89. The molecule has 0 saturated carbocycles. The number of aliphatic carboxylic acids is 1. The number of hydrogen-bond acceptors (Lipinski definition) is 7. The maximum absolute atomic E-state index is 12.8. The second-order valence-electron chi connectivity index (χ2n) is 6.47. The summed E-state index contributed by atoms with van der Waals surface area (Å²) in [5, 5.41) is 10.0. The molecule has 0 aliphatic carbocycles. The highest BCUT2D eigenvalue weighted by molar-refractivity contribution is 9.10. The molecule has 1 fully saturated rings. The minimum atomic E-state index is -1.11. The molecule has 32 heavy (non-hydrogen) atoms. The lowest BCUT2D eigenvalue weighted by Gasteiger charge is -2.15.